The number of amides is 1. The first-order valence-corrected chi connectivity index (χ1v) is 8.57. The van der Waals surface area contributed by atoms with Crippen LogP contribution in [0.3, 0.4) is 0 Å². The van der Waals surface area contributed by atoms with Gasteiger partial charge in [0, 0.05) is 19.0 Å². The lowest BCUT2D eigenvalue weighted by Crippen LogP contribution is -2.30. The van der Waals surface area contributed by atoms with Gasteiger partial charge < -0.3 is 19.1 Å². The molecule has 4 rings (SSSR count). The van der Waals surface area contributed by atoms with Crippen LogP contribution in [-0.4, -0.2) is 30.1 Å². The van der Waals surface area contributed by atoms with Gasteiger partial charge >= 0.3 is 5.97 Å². The van der Waals surface area contributed by atoms with Gasteiger partial charge in [0.15, 0.2) is 11.5 Å². The summed E-state index contributed by atoms with van der Waals surface area (Å²) in [5.41, 5.74) is 1.05. The van der Waals surface area contributed by atoms with Gasteiger partial charge in [-0.2, -0.15) is 0 Å². The molecule has 2 heterocycles. The van der Waals surface area contributed by atoms with Crippen LogP contribution in [0.15, 0.2) is 48.5 Å². The fourth-order valence-electron chi connectivity index (χ4n) is 3.32. The number of hydrogen-bond acceptors (Lipinski definition) is 5. The maximum atomic E-state index is 12.5. The maximum absolute atomic E-state index is 12.5. The predicted molar refractivity (Wildman–Crippen MR) is 92.9 cm³/mol. The van der Waals surface area contributed by atoms with E-state index in [-0.39, 0.29) is 25.2 Å². The summed E-state index contributed by atoms with van der Waals surface area (Å²) in [6.07, 6.45) is 0.167. The Morgan fingerprint density at radius 1 is 1.15 bits per heavy atom. The number of carbonyl (C=O) groups is 2. The van der Waals surface area contributed by atoms with Gasteiger partial charge in [-0.15, -0.1) is 0 Å². The molecule has 0 aliphatic carbocycles. The van der Waals surface area contributed by atoms with Crippen molar-refractivity contribution in [1.82, 2.24) is 4.90 Å². The van der Waals surface area contributed by atoms with E-state index < -0.39 is 11.9 Å². The number of nitrogens with zero attached hydrogens (tertiary/aromatic N) is 1. The van der Waals surface area contributed by atoms with E-state index in [0.29, 0.717) is 23.8 Å². The van der Waals surface area contributed by atoms with Crippen LogP contribution in [0.2, 0.25) is 0 Å². The maximum Gasteiger partial charge on any atom is 0.316 e. The summed E-state index contributed by atoms with van der Waals surface area (Å²) in [4.78, 5) is 26.6. The van der Waals surface area contributed by atoms with Gasteiger partial charge in [-0.25, -0.2) is 0 Å². The van der Waals surface area contributed by atoms with E-state index in [0.717, 1.165) is 5.56 Å². The minimum Gasteiger partial charge on any atom is -0.454 e. The summed E-state index contributed by atoms with van der Waals surface area (Å²) in [5.74, 6) is 0.662. The topological polar surface area (TPSA) is 65.1 Å². The lowest BCUT2D eigenvalue weighted by molar-refractivity contribution is -0.139. The van der Waals surface area contributed by atoms with Crippen LogP contribution in [0.25, 0.3) is 0 Å². The van der Waals surface area contributed by atoms with Crippen molar-refractivity contribution in [2.75, 3.05) is 13.3 Å². The van der Waals surface area contributed by atoms with E-state index in [4.69, 9.17) is 14.2 Å². The summed E-state index contributed by atoms with van der Waals surface area (Å²) in [7, 11) is 0. The second-order valence-corrected chi connectivity index (χ2v) is 6.47. The molecule has 2 atom stereocenters. The summed E-state index contributed by atoms with van der Waals surface area (Å²) < 4.78 is 16.0. The number of hydrogen-bond donors (Lipinski definition) is 0. The van der Waals surface area contributed by atoms with Gasteiger partial charge in [0.1, 0.15) is 5.75 Å². The smallest absolute Gasteiger partial charge is 0.316 e. The van der Waals surface area contributed by atoms with Crippen LogP contribution in [0.1, 0.15) is 24.9 Å². The van der Waals surface area contributed by atoms with Crippen LogP contribution in [0.5, 0.6) is 17.2 Å². The lowest BCUT2D eigenvalue weighted by Gasteiger charge is -2.25. The molecule has 0 saturated carbocycles. The van der Waals surface area contributed by atoms with Gasteiger partial charge in [-0.3, -0.25) is 9.59 Å². The highest BCUT2D eigenvalue weighted by Crippen LogP contribution is 2.36. The largest absolute Gasteiger partial charge is 0.454 e. The highest BCUT2D eigenvalue weighted by Gasteiger charge is 2.38. The Hall–Kier alpha value is -3.02. The van der Waals surface area contributed by atoms with Gasteiger partial charge in [0.25, 0.3) is 0 Å². The third-order valence-corrected chi connectivity index (χ3v) is 4.80. The van der Waals surface area contributed by atoms with Crippen molar-refractivity contribution in [1.29, 1.82) is 0 Å². The molecule has 1 fully saturated rings. The highest BCUT2D eigenvalue weighted by atomic mass is 16.7. The zero-order valence-electron chi connectivity index (χ0n) is 14.4. The van der Waals surface area contributed by atoms with Gasteiger partial charge in [0.05, 0.1) is 12.0 Å². The number of benzene rings is 2. The van der Waals surface area contributed by atoms with Crippen molar-refractivity contribution < 1.29 is 23.8 Å². The number of fused-ring (bicyclic) bond motifs is 1. The Labute approximate surface area is 151 Å². The van der Waals surface area contributed by atoms with Crippen molar-refractivity contribution in [3.05, 3.63) is 54.1 Å². The number of esters is 1. The highest BCUT2D eigenvalue weighted by molar-refractivity contribution is 5.88. The summed E-state index contributed by atoms with van der Waals surface area (Å²) in [6.45, 7) is 2.49. The van der Waals surface area contributed by atoms with Gasteiger partial charge in [0.2, 0.25) is 12.7 Å². The number of carbonyl (C=O) groups excluding carboxylic acids is 2. The molecule has 1 saturated heterocycles. The molecule has 0 N–H and O–H groups in total. The van der Waals surface area contributed by atoms with Crippen molar-refractivity contribution in [2.45, 2.75) is 19.4 Å². The van der Waals surface area contributed by atoms with Gasteiger partial charge in [-0.1, -0.05) is 30.3 Å². The molecule has 6 nitrogen and oxygen atoms in total. The van der Waals surface area contributed by atoms with E-state index in [1.807, 2.05) is 37.3 Å². The SMILES string of the molecule is C[C@H](c1ccccc1)N1C[C@@H](C(=O)Oc2ccc3c(c2)OCO3)CC1=O. The summed E-state index contributed by atoms with van der Waals surface area (Å²) in [5, 5.41) is 0. The third kappa shape index (κ3) is 3.10. The first-order valence-electron chi connectivity index (χ1n) is 8.57. The van der Waals surface area contributed by atoms with E-state index >= 15 is 0 Å². The Kier molecular flexibility index (Phi) is 4.24. The Bertz CT molecular complexity index is 835. The fourth-order valence-corrected chi connectivity index (χ4v) is 3.32. The molecule has 1 amide bonds. The molecular weight excluding hydrogens is 334 g/mol. The molecule has 0 radical (unpaired) electrons. The second-order valence-electron chi connectivity index (χ2n) is 6.47. The van der Waals surface area contributed by atoms with Crippen LogP contribution in [0, 0.1) is 5.92 Å². The molecule has 0 unspecified atom stereocenters. The minimum absolute atomic E-state index is 0.0333. The zero-order chi connectivity index (χ0) is 18.1. The molecule has 0 bridgehead atoms. The average molecular weight is 353 g/mol. The molecule has 2 aromatic rings. The quantitative estimate of drug-likeness (QED) is 0.625. The Morgan fingerprint density at radius 2 is 1.92 bits per heavy atom. The normalized spacial score (nSPS) is 19.5. The van der Waals surface area contributed by atoms with E-state index in [9.17, 15) is 9.59 Å². The summed E-state index contributed by atoms with van der Waals surface area (Å²) >= 11 is 0. The first kappa shape index (κ1) is 16.4. The third-order valence-electron chi connectivity index (χ3n) is 4.80. The lowest BCUT2D eigenvalue weighted by atomic mass is 10.1. The molecule has 134 valence electrons. The zero-order valence-corrected chi connectivity index (χ0v) is 14.4. The molecule has 0 aromatic heterocycles. The summed E-state index contributed by atoms with van der Waals surface area (Å²) in [6, 6.07) is 14.7. The first-order chi connectivity index (χ1) is 12.6. The minimum atomic E-state index is -0.473. The standard InChI is InChI=1S/C20H19NO5/c1-13(14-5-3-2-4-6-14)21-11-15(9-19(21)22)20(23)26-16-7-8-17-18(10-16)25-12-24-17/h2-8,10,13,15H,9,11-12H2,1H3/t13-,15+/m1/s1. The fraction of sp³-hybridized carbons (Fsp3) is 0.300. The van der Waals surface area contributed by atoms with E-state index in [1.54, 1.807) is 23.1 Å². The Morgan fingerprint density at radius 3 is 2.73 bits per heavy atom. The van der Waals surface area contributed by atoms with Crippen LogP contribution in [0.4, 0.5) is 0 Å². The molecule has 2 aromatic carbocycles. The monoisotopic (exact) mass is 353 g/mol. The van der Waals surface area contributed by atoms with Gasteiger partial charge in [-0.05, 0) is 24.6 Å². The predicted octanol–water partition coefficient (Wildman–Crippen LogP) is 2.93. The van der Waals surface area contributed by atoms with Crippen LogP contribution in [-0.2, 0) is 9.59 Å². The van der Waals surface area contributed by atoms with Crippen molar-refractivity contribution in [2.24, 2.45) is 5.92 Å². The molecule has 2 aliphatic rings. The molecule has 6 heteroatoms. The Balaban J connectivity index is 1.42. The van der Waals surface area contributed by atoms with E-state index in [2.05, 4.69) is 0 Å². The van der Waals surface area contributed by atoms with Crippen molar-refractivity contribution in [3.8, 4) is 17.2 Å². The van der Waals surface area contributed by atoms with Crippen LogP contribution >= 0.6 is 0 Å². The molecule has 26 heavy (non-hydrogen) atoms. The number of likely N-dealkylation sites (tertiary alicyclic amines) is 1. The molecule has 0 spiro atoms. The molecular formula is C20H19NO5. The van der Waals surface area contributed by atoms with Crippen LogP contribution < -0.4 is 14.2 Å². The second kappa shape index (κ2) is 6.71. The molecule has 2 aliphatic heterocycles. The average Bonchev–Trinajstić information content (AvgIpc) is 3.28. The number of rotatable bonds is 4. The van der Waals surface area contributed by atoms with Crippen molar-refractivity contribution >= 4 is 11.9 Å². The van der Waals surface area contributed by atoms with E-state index in [1.165, 1.54) is 0 Å². The number of ether oxygens (including phenoxy) is 3. The van der Waals surface area contributed by atoms with Crippen molar-refractivity contribution in [3.63, 3.8) is 0 Å².